The SMILES string of the molecule is CCc1nnc(N2CC(C(=O)NCCN3CCCCC3)CC2=O)s1.O=CO. The zero-order valence-corrected chi connectivity index (χ0v) is 16.4. The Hall–Kier alpha value is -2.07. The molecule has 2 saturated heterocycles. The van der Waals surface area contributed by atoms with E-state index in [9.17, 15) is 9.59 Å². The molecule has 0 aliphatic carbocycles. The highest BCUT2D eigenvalue weighted by Crippen LogP contribution is 2.28. The van der Waals surface area contributed by atoms with E-state index in [0.717, 1.165) is 31.1 Å². The summed E-state index contributed by atoms with van der Waals surface area (Å²) in [4.78, 5) is 36.9. The molecule has 150 valence electrons. The van der Waals surface area contributed by atoms with Gasteiger partial charge in [0.1, 0.15) is 5.01 Å². The molecule has 0 aromatic carbocycles. The van der Waals surface area contributed by atoms with Crippen LogP contribution >= 0.6 is 11.3 Å². The summed E-state index contributed by atoms with van der Waals surface area (Å²) in [6.07, 6.45) is 4.88. The average molecular weight is 398 g/mol. The van der Waals surface area contributed by atoms with Gasteiger partial charge in [0.2, 0.25) is 16.9 Å². The van der Waals surface area contributed by atoms with Crippen LogP contribution in [0.15, 0.2) is 0 Å². The van der Waals surface area contributed by atoms with Crippen LogP contribution in [0.25, 0.3) is 0 Å². The van der Waals surface area contributed by atoms with E-state index >= 15 is 0 Å². The van der Waals surface area contributed by atoms with Crippen molar-refractivity contribution in [2.75, 3.05) is 37.6 Å². The Labute approximate surface area is 162 Å². The van der Waals surface area contributed by atoms with E-state index in [2.05, 4.69) is 20.4 Å². The number of nitrogens with zero attached hydrogens (tertiary/aromatic N) is 4. The van der Waals surface area contributed by atoms with Gasteiger partial charge >= 0.3 is 0 Å². The molecule has 2 N–H and O–H groups in total. The number of piperidine rings is 1. The van der Waals surface area contributed by atoms with E-state index < -0.39 is 0 Å². The lowest BCUT2D eigenvalue weighted by Gasteiger charge is -2.26. The fourth-order valence-corrected chi connectivity index (χ4v) is 4.03. The molecule has 2 aliphatic heterocycles. The molecule has 0 saturated carbocycles. The summed E-state index contributed by atoms with van der Waals surface area (Å²) in [6.45, 7) is 5.97. The first-order valence-electron chi connectivity index (χ1n) is 9.29. The molecule has 0 radical (unpaired) electrons. The van der Waals surface area contributed by atoms with E-state index in [0.29, 0.717) is 18.2 Å². The van der Waals surface area contributed by atoms with Crippen LogP contribution in [0.3, 0.4) is 0 Å². The predicted octanol–water partition coefficient (Wildman–Crippen LogP) is 0.756. The van der Waals surface area contributed by atoms with E-state index in [1.165, 1.54) is 30.6 Å². The number of hydrogen-bond acceptors (Lipinski definition) is 7. The number of carboxylic acid groups (broad SMARTS) is 1. The number of amides is 2. The number of aromatic nitrogens is 2. The Kier molecular flexibility index (Phi) is 8.59. The molecule has 10 heteroatoms. The number of carbonyl (C=O) groups is 3. The standard InChI is InChI=1S/C16H25N5O2S.CH2O2/c1-2-13-18-19-16(24-13)21-11-12(10-14(21)22)15(23)17-6-9-20-7-4-3-5-8-20;2-1-3/h12H,2-11H2,1H3,(H,17,23);1H,(H,2,3). The molecular formula is C17H27N5O4S. The monoisotopic (exact) mass is 397 g/mol. The Morgan fingerprint density at radius 1 is 1.33 bits per heavy atom. The molecule has 0 bridgehead atoms. The third kappa shape index (κ3) is 6.24. The van der Waals surface area contributed by atoms with Crippen LogP contribution in [0.2, 0.25) is 0 Å². The molecular weight excluding hydrogens is 370 g/mol. The smallest absolute Gasteiger partial charge is 0.290 e. The zero-order valence-electron chi connectivity index (χ0n) is 15.6. The molecule has 0 spiro atoms. The summed E-state index contributed by atoms with van der Waals surface area (Å²) >= 11 is 1.43. The van der Waals surface area contributed by atoms with E-state index in [1.54, 1.807) is 4.90 Å². The third-order valence-corrected chi connectivity index (χ3v) is 5.75. The molecule has 3 rings (SSSR count). The Balaban J connectivity index is 0.000000817. The van der Waals surface area contributed by atoms with Crippen molar-refractivity contribution in [3.05, 3.63) is 5.01 Å². The maximum atomic E-state index is 12.3. The average Bonchev–Trinajstić information content (AvgIpc) is 3.29. The summed E-state index contributed by atoms with van der Waals surface area (Å²) in [5.41, 5.74) is 0. The van der Waals surface area contributed by atoms with Crippen LogP contribution in [0, 0.1) is 5.92 Å². The van der Waals surface area contributed by atoms with Crippen molar-refractivity contribution in [2.45, 2.75) is 39.0 Å². The maximum Gasteiger partial charge on any atom is 0.290 e. The molecule has 1 aromatic heterocycles. The van der Waals surface area contributed by atoms with Gasteiger partial charge in [-0.1, -0.05) is 24.7 Å². The van der Waals surface area contributed by atoms with Crippen LogP contribution in [0.1, 0.15) is 37.6 Å². The highest BCUT2D eigenvalue weighted by atomic mass is 32.1. The quantitative estimate of drug-likeness (QED) is 0.681. The summed E-state index contributed by atoms with van der Waals surface area (Å²) in [5.74, 6) is -0.346. The van der Waals surface area contributed by atoms with Gasteiger partial charge in [-0.05, 0) is 32.4 Å². The molecule has 9 nitrogen and oxygen atoms in total. The number of carbonyl (C=O) groups excluding carboxylic acids is 2. The highest BCUT2D eigenvalue weighted by Gasteiger charge is 2.36. The third-order valence-electron chi connectivity index (χ3n) is 4.66. The predicted molar refractivity (Wildman–Crippen MR) is 102 cm³/mol. The highest BCUT2D eigenvalue weighted by molar-refractivity contribution is 7.15. The van der Waals surface area contributed by atoms with Crippen LogP contribution in [0.4, 0.5) is 5.13 Å². The van der Waals surface area contributed by atoms with E-state index in [1.807, 2.05) is 6.92 Å². The van der Waals surface area contributed by atoms with Gasteiger partial charge < -0.3 is 15.3 Å². The van der Waals surface area contributed by atoms with Crippen LogP contribution in [-0.2, 0) is 20.8 Å². The van der Waals surface area contributed by atoms with Crippen molar-refractivity contribution in [3.63, 3.8) is 0 Å². The van der Waals surface area contributed by atoms with Gasteiger partial charge in [0.25, 0.3) is 6.47 Å². The number of nitrogens with one attached hydrogen (secondary N) is 1. The van der Waals surface area contributed by atoms with Crippen molar-refractivity contribution in [3.8, 4) is 0 Å². The van der Waals surface area contributed by atoms with Crippen molar-refractivity contribution >= 4 is 34.8 Å². The lowest BCUT2D eigenvalue weighted by atomic mass is 10.1. The molecule has 1 aromatic rings. The van der Waals surface area contributed by atoms with Crippen molar-refractivity contribution in [1.29, 1.82) is 0 Å². The summed E-state index contributed by atoms with van der Waals surface area (Å²) in [6, 6.07) is 0. The number of anilines is 1. The summed E-state index contributed by atoms with van der Waals surface area (Å²) in [5, 5.41) is 19.5. The molecule has 1 unspecified atom stereocenters. The molecule has 1 atom stereocenters. The first kappa shape index (κ1) is 21.2. The fraction of sp³-hybridized carbons (Fsp3) is 0.706. The Morgan fingerprint density at radius 3 is 2.67 bits per heavy atom. The summed E-state index contributed by atoms with van der Waals surface area (Å²) < 4.78 is 0. The summed E-state index contributed by atoms with van der Waals surface area (Å²) in [7, 11) is 0. The molecule has 3 heterocycles. The fourth-order valence-electron chi connectivity index (χ4n) is 3.23. The van der Waals surface area contributed by atoms with E-state index in [4.69, 9.17) is 9.90 Å². The van der Waals surface area contributed by atoms with Gasteiger partial charge in [0.05, 0.1) is 5.92 Å². The first-order chi connectivity index (χ1) is 13.1. The van der Waals surface area contributed by atoms with Crippen LogP contribution in [-0.4, -0.2) is 71.2 Å². The molecule has 2 amide bonds. The van der Waals surface area contributed by atoms with Gasteiger partial charge in [-0.3, -0.25) is 19.3 Å². The lowest BCUT2D eigenvalue weighted by molar-refractivity contribution is -0.126. The second-order valence-corrected chi connectivity index (χ2v) is 7.58. The number of hydrogen-bond donors (Lipinski definition) is 2. The van der Waals surface area contributed by atoms with Crippen molar-refractivity contribution in [2.24, 2.45) is 5.92 Å². The zero-order chi connectivity index (χ0) is 19.6. The topological polar surface area (TPSA) is 116 Å². The van der Waals surface area contributed by atoms with Gasteiger partial charge in [-0.15, -0.1) is 10.2 Å². The minimum atomic E-state index is -0.284. The Bertz CT molecular complexity index is 633. The number of likely N-dealkylation sites (tertiary alicyclic amines) is 1. The second-order valence-electron chi connectivity index (χ2n) is 6.54. The van der Waals surface area contributed by atoms with Crippen molar-refractivity contribution in [1.82, 2.24) is 20.4 Å². The number of aryl methyl sites for hydroxylation is 1. The molecule has 2 aliphatic rings. The second kappa shape index (κ2) is 10.9. The van der Waals surface area contributed by atoms with Crippen molar-refractivity contribution < 1.29 is 19.5 Å². The van der Waals surface area contributed by atoms with Gasteiger partial charge in [-0.2, -0.15) is 0 Å². The van der Waals surface area contributed by atoms with Crippen LogP contribution < -0.4 is 10.2 Å². The molecule has 27 heavy (non-hydrogen) atoms. The molecule has 2 fully saturated rings. The normalized spacial score (nSPS) is 20.1. The largest absolute Gasteiger partial charge is 0.483 e. The minimum absolute atomic E-state index is 0.0249. The maximum absolute atomic E-state index is 12.3. The van der Waals surface area contributed by atoms with Gasteiger partial charge in [0.15, 0.2) is 0 Å². The minimum Gasteiger partial charge on any atom is -0.483 e. The van der Waals surface area contributed by atoms with Gasteiger partial charge in [-0.25, -0.2) is 0 Å². The lowest BCUT2D eigenvalue weighted by Crippen LogP contribution is -2.40. The Morgan fingerprint density at radius 2 is 2.04 bits per heavy atom. The van der Waals surface area contributed by atoms with E-state index in [-0.39, 0.29) is 30.6 Å². The van der Waals surface area contributed by atoms with Gasteiger partial charge in [0, 0.05) is 26.1 Å². The van der Waals surface area contributed by atoms with Crippen LogP contribution in [0.5, 0.6) is 0 Å². The number of rotatable bonds is 6. The first-order valence-corrected chi connectivity index (χ1v) is 10.1.